The molecule has 6 heterocycles. The Bertz CT molecular complexity index is 2500. The molecular weight excluding hydrogens is 749 g/mol. The third-order valence-corrected chi connectivity index (χ3v) is 10.2. The zero-order valence-electron chi connectivity index (χ0n) is 32.3. The van der Waals surface area contributed by atoms with Crippen molar-refractivity contribution in [1.82, 2.24) is 39.2 Å². The maximum atomic E-state index is 13.7. The highest BCUT2D eigenvalue weighted by Gasteiger charge is 2.40. The molecule has 0 saturated carbocycles. The van der Waals surface area contributed by atoms with Gasteiger partial charge < -0.3 is 39.8 Å². The number of nitrogens with zero attached hydrogens (tertiary/aromatic N) is 7. The number of carbonyl (C=O) groups is 4. The van der Waals surface area contributed by atoms with Crippen LogP contribution in [0.25, 0.3) is 22.1 Å². The number of aryl methyl sites for hydroxylation is 4. The van der Waals surface area contributed by atoms with Crippen LogP contribution in [0.1, 0.15) is 72.9 Å². The molecular formula is C39H42N12O7. The van der Waals surface area contributed by atoms with E-state index in [2.05, 4.69) is 26.0 Å². The third-order valence-electron chi connectivity index (χ3n) is 10.2. The Morgan fingerprint density at radius 2 is 1.34 bits per heavy atom. The molecule has 58 heavy (non-hydrogen) atoms. The van der Waals surface area contributed by atoms with E-state index >= 15 is 0 Å². The minimum atomic E-state index is -0.684. The highest BCUT2D eigenvalue weighted by Crippen LogP contribution is 2.36. The second kappa shape index (κ2) is 14.8. The second-order valence-electron chi connectivity index (χ2n) is 14.4. The van der Waals surface area contributed by atoms with Crippen LogP contribution in [0.4, 0.5) is 11.9 Å². The fourth-order valence-electron chi connectivity index (χ4n) is 7.24. The number of ether oxygens (including phenoxy) is 2. The number of hydrogen-bond donors (Lipinski definition) is 5. The monoisotopic (exact) mass is 790 g/mol. The van der Waals surface area contributed by atoms with Gasteiger partial charge in [-0.25, -0.2) is 15.0 Å². The van der Waals surface area contributed by atoms with Crippen LogP contribution in [-0.4, -0.2) is 83.8 Å². The van der Waals surface area contributed by atoms with E-state index in [9.17, 15) is 19.2 Å². The highest BCUT2D eigenvalue weighted by atomic mass is 16.5. The number of benzene rings is 2. The molecule has 2 aliphatic heterocycles. The van der Waals surface area contributed by atoms with E-state index < -0.39 is 29.0 Å². The Kier molecular flexibility index (Phi) is 9.67. The summed E-state index contributed by atoms with van der Waals surface area (Å²) < 4.78 is 23.9. The fraction of sp³-hybridized carbons (Fsp3) is 0.333. The van der Waals surface area contributed by atoms with Crippen molar-refractivity contribution in [3.05, 3.63) is 82.3 Å². The molecule has 0 radical (unpaired) electrons. The lowest BCUT2D eigenvalue weighted by molar-refractivity contribution is 0.0321. The SMILES string of the molecule is CCc1nc(C)oc1C(=O)Nc1nc2cc(C(N)=O)cc3c2n1C/C=C\Cn1c(NC(=O)c2cc(C)nn2CC)nc2cc(C(N)=O)cc(c21)OCC1(CNC1)CO3. The van der Waals surface area contributed by atoms with E-state index in [1.54, 1.807) is 51.1 Å². The summed E-state index contributed by atoms with van der Waals surface area (Å²) in [6.45, 7) is 9.38. The molecule has 2 aromatic carbocycles. The highest BCUT2D eigenvalue weighted by molar-refractivity contribution is 6.05. The zero-order chi connectivity index (χ0) is 40.9. The number of carbonyl (C=O) groups excluding carboxylic acids is 4. The number of hydrogen-bond acceptors (Lipinski definition) is 12. The molecule has 1 fully saturated rings. The molecule has 0 aliphatic carbocycles. The average molecular weight is 791 g/mol. The molecule has 7 N–H and O–H groups in total. The molecule has 8 rings (SSSR count). The quantitative estimate of drug-likeness (QED) is 0.140. The summed E-state index contributed by atoms with van der Waals surface area (Å²) in [5.41, 5.74) is 14.6. The molecule has 0 bridgehead atoms. The first-order chi connectivity index (χ1) is 27.9. The number of amides is 4. The van der Waals surface area contributed by atoms with Crippen LogP contribution in [0.15, 0.2) is 46.9 Å². The Labute approximate surface area is 330 Å². The Morgan fingerprint density at radius 1 is 0.793 bits per heavy atom. The van der Waals surface area contributed by atoms with Gasteiger partial charge in [-0.1, -0.05) is 19.1 Å². The van der Waals surface area contributed by atoms with Crippen molar-refractivity contribution in [3.63, 3.8) is 0 Å². The normalized spacial score (nSPS) is 15.5. The van der Waals surface area contributed by atoms with Gasteiger partial charge >= 0.3 is 0 Å². The van der Waals surface area contributed by atoms with Crippen molar-refractivity contribution < 1.29 is 33.1 Å². The van der Waals surface area contributed by atoms with Crippen LogP contribution in [0.3, 0.4) is 0 Å². The maximum absolute atomic E-state index is 13.7. The third kappa shape index (κ3) is 6.88. The Morgan fingerprint density at radius 3 is 1.83 bits per heavy atom. The van der Waals surface area contributed by atoms with Crippen molar-refractivity contribution in [3.8, 4) is 11.5 Å². The minimum absolute atomic E-state index is 0.0651. The minimum Gasteiger partial charge on any atom is -0.490 e. The van der Waals surface area contributed by atoms with Gasteiger partial charge in [-0.15, -0.1) is 0 Å². The van der Waals surface area contributed by atoms with Crippen LogP contribution in [0.2, 0.25) is 0 Å². The van der Waals surface area contributed by atoms with Crippen molar-refractivity contribution in [2.24, 2.45) is 16.9 Å². The van der Waals surface area contributed by atoms with Crippen LogP contribution in [0, 0.1) is 19.3 Å². The van der Waals surface area contributed by atoms with Crippen LogP contribution < -0.4 is 36.9 Å². The van der Waals surface area contributed by atoms with Crippen molar-refractivity contribution >= 4 is 57.6 Å². The van der Waals surface area contributed by atoms with E-state index in [4.69, 9.17) is 35.3 Å². The van der Waals surface area contributed by atoms with E-state index in [1.165, 1.54) is 0 Å². The summed E-state index contributed by atoms with van der Waals surface area (Å²) >= 11 is 0. The number of nitrogens with two attached hydrogens (primary N) is 2. The Balaban J connectivity index is 1.26. The predicted octanol–water partition coefficient (Wildman–Crippen LogP) is 3.09. The lowest BCUT2D eigenvalue weighted by Crippen LogP contribution is -2.59. The Hall–Kier alpha value is -7.02. The maximum Gasteiger partial charge on any atom is 0.295 e. The van der Waals surface area contributed by atoms with Gasteiger partial charge in [-0.2, -0.15) is 5.10 Å². The van der Waals surface area contributed by atoms with Crippen LogP contribution in [0.5, 0.6) is 11.5 Å². The number of allylic oxidation sites excluding steroid dienone is 2. The second-order valence-corrected chi connectivity index (χ2v) is 14.4. The van der Waals surface area contributed by atoms with Crippen molar-refractivity contribution in [2.45, 2.75) is 53.8 Å². The molecule has 19 heteroatoms. The number of aromatic nitrogens is 7. The van der Waals surface area contributed by atoms with Crippen LogP contribution in [-0.2, 0) is 26.1 Å². The molecule has 1 saturated heterocycles. The summed E-state index contributed by atoms with van der Waals surface area (Å²) in [4.78, 5) is 66.3. The molecule has 0 atom stereocenters. The number of anilines is 2. The lowest BCUT2D eigenvalue weighted by atomic mass is 9.83. The van der Waals surface area contributed by atoms with Crippen LogP contribution >= 0.6 is 0 Å². The van der Waals surface area contributed by atoms with Gasteiger partial charge in [0.15, 0.2) is 5.89 Å². The first-order valence-corrected chi connectivity index (χ1v) is 18.8. The van der Waals surface area contributed by atoms with Gasteiger partial charge in [-0.05, 0) is 50.6 Å². The topological polar surface area (TPSA) is 254 Å². The fourth-order valence-corrected chi connectivity index (χ4v) is 7.24. The van der Waals surface area contributed by atoms with Gasteiger partial charge in [0.25, 0.3) is 11.8 Å². The number of rotatable bonds is 8. The van der Waals surface area contributed by atoms with E-state index in [0.29, 0.717) is 82.6 Å². The van der Waals surface area contributed by atoms with Gasteiger partial charge in [0.2, 0.25) is 29.5 Å². The zero-order valence-corrected chi connectivity index (χ0v) is 32.3. The molecule has 1 spiro atoms. The van der Waals surface area contributed by atoms with E-state index in [-0.39, 0.29) is 55.1 Å². The van der Waals surface area contributed by atoms with Gasteiger partial charge in [0.1, 0.15) is 28.2 Å². The van der Waals surface area contributed by atoms with E-state index in [1.807, 2.05) is 32.9 Å². The summed E-state index contributed by atoms with van der Waals surface area (Å²) in [6.07, 6.45) is 4.17. The van der Waals surface area contributed by atoms with Crippen molar-refractivity contribution in [2.75, 3.05) is 36.9 Å². The molecule has 4 aromatic heterocycles. The molecule has 4 amide bonds. The lowest BCUT2D eigenvalue weighted by Gasteiger charge is -2.41. The number of nitrogens with one attached hydrogen (secondary N) is 3. The summed E-state index contributed by atoms with van der Waals surface area (Å²) in [7, 11) is 0. The smallest absolute Gasteiger partial charge is 0.295 e. The molecule has 300 valence electrons. The standard InChI is InChI=1S/C39H42N12O7/c1-5-24-32(58-21(4)43-24)36(55)47-38-45-26-13-23(34(41)53)15-29-31(26)50(38)10-8-7-9-49-30-25(44-37(49)46-35(54)27-11-20(3)48-51(27)6-2)12-22(33(40)52)14-28(30)56-18-39(19-57-29)16-42-17-39/h7-8,11-15,42H,5-6,9-10,16-19H2,1-4H3,(H2,40,52)(H2,41,53)(H,44,46,54)(H,45,47,55)/b8-7-. The van der Waals surface area contributed by atoms with E-state index in [0.717, 1.165) is 0 Å². The van der Waals surface area contributed by atoms with Crippen molar-refractivity contribution in [1.29, 1.82) is 0 Å². The predicted molar refractivity (Wildman–Crippen MR) is 211 cm³/mol. The molecule has 2 aliphatic rings. The summed E-state index contributed by atoms with van der Waals surface area (Å²) in [6, 6.07) is 7.93. The molecule has 0 unspecified atom stereocenters. The summed E-state index contributed by atoms with van der Waals surface area (Å²) in [5, 5.41) is 13.5. The van der Waals surface area contributed by atoms with Gasteiger partial charge in [-0.3, -0.25) is 34.5 Å². The van der Waals surface area contributed by atoms with Gasteiger partial charge in [0, 0.05) is 50.8 Å². The van der Waals surface area contributed by atoms with Gasteiger partial charge in [0.05, 0.1) is 41.1 Å². The summed E-state index contributed by atoms with van der Waals surface area (Å²) in [5.74, 6) is -0.920. The molecule has 6 aromatic rings. The first kappa shape index (κ1) is 37.9. The number of imidazole rings is 2. The first-order valence-electron chi connectivity index (χ1n) is 18.8. The molecule has 19 nitrogen and oxygen atoms in total. The largest absolute Gasteiger partial charge is 0.490 e. The number of oxazole rings is 1. The number of primary amides is 2. The average Bonchev–Trinajstić information content (AvgIpc) is 3.94.